The van der Waals surface area contributed by atoms with Crippen LogP contribution in [0, 0.1) is 5.92 Å². The number of cyclic esters (lactones) is 1. The van der Waals surface area contributed by atoms with Crippen LogP contribution in [0.4, 0.5) is 23.8 Å². The number of anilines is 1. The van der Waals surface area contributed by atoms with E-state index < -0.39 is 11.7 Å². The Bertz CT molecular complexity index is 927. The Morgan fingerprint density at radius 2 is 2.14 bits per heavy atom. The molecule has 2 saturated heterocycles. The lowest BCUT2D eigenvalue weighted by Gasteiger charge is -2.31. The molecule has 0 aliphatic carbocycles. The van der Waals surface area contributed by atoms with Gasteiger partial charge in [-0.1, -0.05) is 17.3 Å². The molecule has 1 N–H and O–H groups in total. The molecule has 1 aromatic carbocycles. The van der Waals surface area contributed by atoms with Crippen molar-refractivity contribution in [2.75, 3.05) is 18.5 Å². The highest BCUT2D eigenvalue weighted by Gasteiger charge is 2.38. The van der Waals surface area contributed by atoms with Gasteiger partial charge in [0.1, 0.15) is 12.3 Å². The van der Waals surface area contributed by atoms with Crippen LogP contribution in [-0.2, 0) is 15.7 Å². The molecule has 1 aromatic heterocycles. The average Bonchev–Trinajstić information content (AvgIpc) is 3.28. The summed E-state index contributed by atoms with van der Waals surface area (Å²) in [6.45, 7) is 0.906. The monoisotopic (exact) mass is 409 g/mol. The molecule has 2 fully saturated rings. The van der Waals surface area contributed by atoms with E-state index in [9.17, 15) is 22.8 Å². The Kier molecular flexibility index (Phi) is 4.93. The lowest BCUT2D eigenvalue weighted by atomic mass is 9.89. The fraction of sp³-hybridized carbons (Fsp3) is 0.421. The Labute approximate surface area is 163 Å². The van der Waals surface area contributed by atoms with Crippen LogP contribution in [0.1, 0.15) is 24.8 Å². The third-order valence-electron chi connectivity index (χ3n) is 5.19. The summed E-state index contributed by atoms with van der Waals surface area (Å²) in [5.74, 6) is -0.101. The van der Waals surface area contributed by atoms with E-state index >= 15 is 0 Å². The zero-order chi connectivity index (χ0) is 20.6. The van der Waals surface area contributed by atoms with Gasteiger partial charge in [0, 0.05) is 24.6 Å². The molecule has 154 valence electrons. The number of nitrogens with one attached hydrogen (secondary N) is 1. The summed E-state index contributed by atoms with van der Waals surface area (Å²) < 4.78 is 48.6. The molecule has 0 radical (unpaired) electrons. The van der Waals surface area contributed by atoms with Crippen molar-refractivity contribution in [2.45, 2.75) is 31.5 Å². The number of aromatic nitrogens is 1. The van der Waals surface area contributed by atoms with Gasteiger partial charge in [-0.25, -0.2) is 4.79 Å². The van der Waals surface area contributed by atoms with Crippen LogP contribution in [-0.4, -0.2) is 41.3 Å². The molecule has 0 saturated carbocycles. The maximum absolute atomic E-state index is 12.9. The van der Waals surface area contributed by atoms with E-state index in [-0.39, 0.29) is 47.5 Å². The highest BCUT2D eigenvalue weighted by Crippen LogP contribution is 2.33. The Balaban J connectivity index is 1.36. The summed E-state index contributed by atoms with van der Waals surface area (Å²) in [7, 11) is 0. The van der Waals surface area contributed by atoms with Crippen molar-refractivity contribution < 1.29 is 32.0 Å². The maximum atomic E-state index is 12.9. The summed E-state index contributed by atoms with van der Waals surface area (Å²) in [4.78, 5) is 25.5. The first-order valence-corrected chi connectivity index (χ1v) is 9.17. The van der Waals surface area contributed by atoms with Crippen LogP contribution in [0.15, 0.2) is 34.9 Å². The van der Waals surface area contributed by atoms with Gasteiger partial charge in [0.25, 0.3) is 0 Å². The van der Waals surface area contributed by atoms with Crippen LogP contribution in [0.3, 0.4) is 0 Å². The van der Waals surface area contributed by atoms with Gasteiger partial charge in [-0.15, -0.1) is 0 Å². The fourth-order valence-corrected chi connectivity index (χ4v) is 3.74. The van der Waals surface area contributed by atoms with Gasteiger partial charge in [-0.2, -0.15) is 13.2 Å². The van der Waals surface area contributed by atoms with Crippen LogP contribution in [0.25, 0.3) is 11.3 Å². The number of amides is 2. The van der Waals surface area contributed by atoms with Crippen molar-refractivity contribution in [3.63, 3.8) is 0 Å². The van der Waals surface area contributed by atoms with Gasteiger partial charge in [0.2, 0.25) is 11.8 Å². The first-order chi connectivity index (χ1) is 13.8. The van der Waals surface area contributed by atoms with Crippen LogP contribution in [0.5, 0.6) is 0 Å². The van der Waals surface area contributed by atoms with E-state index in [4.69, 9.17) is 9.26 Å². The number of carbonyl (C=O) groups is 2. The van der Waals surface area contributed by atoms with E-state index in [0.29, 0.717) is 26.0 Å². The van der Waals surface area contributed by atoms with Gasteiger partial charge in [-0.3, -0.25) is 10.1 Å². The molecular formula is C19H18F3N3O4. The number of hydrogen-bond donors (Lipinski definition) is 1. The minimum absolute atomic E-state index is 0.00633. The minimum Gasteiger partial charge on any atom is -0.447 e. The molecule has 2 aliphatic rings. The number of fused-ring (bicyclic) bond motifs is 1. The predicted molar refractivity (Wildman–Crippen MR) is 94.8 cm³/mol. The smallest absolute Gasteiger partial charge is 0.416 e. The van der Waals surface area contributed by atoms with E-state index in [0.717, 1.165) is 12.1 Å². The van der Waals surface area contributed by atoms with Gasteiger partial charge in [0.05, 0.1) is 11.6 Å². The first-order valence-electron chi connectivity index (χ1n) is 9.17. The summed E-state index contributed by atoms with van der Waals surface area (Å²) in [5.41, 5.74) is -0.354. The number of hydrogen-bond acceptors (Lipinski definition) is 5. The first kappa shape index (κ1) is 19.3. The zero-order valence-corrected chi connectivity index (χ0v) is 15.2. The molecule has 2 aromatic rings. The molecule has 7 nitrogen and oxygen atoms in total. The van der Waals surface area contributed by atoms with Gasteiger partial charge < -0.3 is 14.2 Å². The molecule has 0 bridgehead atoms. The number of carbonyl (C=O) groups excluding carboxylic acids is 2. The molecule has 10 heteroatoms. The largest absolute Gasteiger partial charge is 0.447 e. The van der Waals surface area contributed by atoms with Crippen molar-refractivity contribution in [1.82, 2.24) is 10.1 Å². The number of piperidine rings is 1. The van der Waals surface area contributed by atoms with E-state index in [1.54, 1.807) is 4.90 Å². The quantitative estimate of drug-likeness (QED) is 0.828. The molecule has 2 atom stereocenters. The summed E-state index contributed by atoms with van der Waals surface area (Å²) in [5, 5.41) is 6.33. The van der Waals surface area contributed by atoms with Crippen molar-refractivity contribution in [3.8, 4) is 11.3 Å². The number of nitrogens with zero attached hydrogens (tertiary/aromatic N) is 2. The molecule has 2 aliphatic heterocycles. The predicted octanol–water partition coefficient (Wildman–Crippen LogP) is 3.92. The van der Waals surface area contributed by atoms with E-state index in [1.165, 1.54) is 18.2 Å². The molecule has 0 spiro atoms. The van der Waals surface area contributed by atoms with E-state index in [1.807, 2.05) is 0 Å². The van der Waals surface area contributed by atoms with Gasteiger partial charge in [0.15, 0.2) is 0 Å². The topological polar surface area (TPSA) is 84.7 Å². The van der Waals surface area contributed by atoms with Crippen LogP contribution >= 0.6 is 0 Å². The SMILES string of the molecule is O=C(C[C@H]1CCN2C(=O)OC[C@H]2C1)Nc1cc(-c2cccc(C(F)(F)F)c2)no1. The van der Waals surface area contributed by atoms with Crippen molar-refractivity contribution >= 4 is 17.9 Å². The summed E-state index contributed by atoms with van der Waals surface area (Å²) in [6, 6.07) is 6.11. The molecule has 3 heterocycles. The molecular weight excluding hydrogens is 391 g/mol. The Morgan fingerprint density at radius 3 is 2.93 bits per heavy atom. The summed E-state index contributed by atoms with van der Waals surface area (Å²) >= 11 is 0. The Hall–Kier alpha value is -3.04. The van der Waals surface area contributed by atoms with Crippen LogP contribution in [0.2, 0.25) is 0 Å². The second-order valence-electron chi connectivity index (χ2n) is 7.22. The average molecular weight is 409 g/mol. The Morgan fingerprint density at radius 1 is 1.31 bits per heavy atom. The lowest BCUT2D eigenvalue weighted by molar-refractivity contribution is -0.137. The summed E-state index contributed by atoms with van der Waals surface area (Å²) in [6.07, 6.45) is -3.13. The van der Waals surface area contributed by atoms with Crippen molar-refractivity contribution in [1.29, 1.82) is 0 Å². The molecule has 29 heavy (non-hydrogen) atoms. The minimum atomic E-state index is -4.46. The third-order valence-corrected chi connectivity index (χ3v) is 5.19. The maximum Gasteiger partial charge on any atom is 0.416 e. The van der Waals surface area contributed by atoms with Crippen LogP contribution < -0.4 is 5.32 Å². The second kappa shape index (κ2) is 7.41. The lowest BCUT2D eigenvalue weighted by Crippen LogP contribution is -2.41. The molecule has 2 amide bonds. The van der Waals surface area contributed by atoms with Gasteiger partial charge in [-0.05, 0) is 30.9 Å². The fourth-order valence-electron chi connectivity index (χ4n) is 3.74. The van der Waals surface area contributed by atoms with Crippen molar-refractivity contribution in [3.05, 3.63) is 35.9 Å². The van der Waals surface area contributed by atoms with Crippen molar-refractivity contribution in [2.24, 2.45) is 5.92 Å². The number of alkyl halides is 3. The number of ether oxygens (including phenoxy) is 1. The highest BCUT2D eigenvalue weighted by molar-refractivity contribution is 5.90. The second-order valence-corrected chi connectivity index (χ2v) is 7.22. The number of halogens is 3. The van der Waals surface area contributed by atoms with E-state index in [2.05, 4.69) is 10.5 Å². The van der Waals surface area contributed by atoms with Gasteiger partial charge >= 0.3 is 12.3 Å². The number of rotatable bonds is 4. The number of benzene rings is 1. The highest BCUT2D eigenvalue weighted by atomic mass is 19.4. The normalized spacial score (nSPS) is 21.6. The standard InChI is InChI=1S/C19H18F3N3O4/c20-19(21,22)13-3-1-2-12(8-13)15-9-17(29-24-15)23-16(26)7-11-4-5-25-14(6-11)10-28-18(25)27/h1-3,8-9,11,14H,4-7,10H2,(H,23,26)/t11-,14+/m0/s1. The zero-order valence-electron chi connectivity index (χ0n) is 15.2. The molecule has 4 rings (SSSR count). The molecule has 0 unspecified atom stereocenters. The third kappa shape index (κ3) is 4.20.